The fraction of sp³-hybridized carbons (Fsp3) is 0.429. The fourth-order valence-corrected chi connectivity index (χ4v) is 0.999. The van der Waals surface area contributed by atoms with Gasteiger partial charge < -0.3 is 11.5 Å². The monoisotopic (exact) mass is 198 g/mol. The quantitative estimate of drug-likeness (QED) is 0.540. The van der Waals surface area contributed by atoms with Crippen molar-refractivity contribution in [3.63, 3.8) is 0 Å². The third-order valence-electron chi connectivity index (χ3n) is 1.70. The first-order valence-corrected chi connectivity index (χ1v) is 3.96. The van der Waals surface area contributed by atoms with Crippen molar-refractivity contribution in [2.45, 2.75) is 12.8 Å². The van der Waals surface area contributed by atoms with Crippen LogP contribution < -0.4 is 11.5 Å². The number of carbonyl (C=O) groups is 3. The van der Waals surface area contributed by atoms with E-state index in [2.05, 4.69) is 5.10 Å². The van der Waals surface area contributed by atoms with Gasteiger partial charge in [0.05, 0.1) is 13.0 Å². The van der Waals surface area contributed by atoms with Crippen molar-refractivity contribution < 1.29 is 14.4 Å². The Bertz CT molecular complexity index is 323. The Morgan fingerprint density at radius 1 is 1.43 bits per heavy atom. The molecule has 0 aromatic carbocycles. The maximum absolute atomic E-state index is 11.2. The summed E-state index contributed by atoms with van der Waals surface area (Å²) in [5.41, 5.74) is 9.84. The van der Waals surface area contributed by atoms with Crippen molar-refractivity contribution in [1.29, 1.82) is 0 Å². The summed E-state index contributed by atoms with van der Waals surface area (Å²) in [5, 5.41) is 4.69. The number of nitrogens with zero attached hydrogens (tertiary/aromatic N) is 2. The number of hydrazone groups is 1. The van der Waals surface area contributed by atoms with E-state index in [9.17, 15) is 14.4 Å². The van der Waals surface area contributed by atoms with Crippen LogP contribution >= 0.6 is 0 Å². The summed E-state index contributed by atoms with van der Waals surface area (Å²) in [5.74, 6) is -1.60. The fourth-order valence-electron chi connectivity index (χ4n) is 0.999. The van der Waals surface area contributed by atoms with Crippen LogP contribution in [0.15, 0.2) is 5.10 Å². The molecule has 0 saturated heterocycles. The number of primary amides is 2. The molecule has 0 atom stereocenters. The van der Waals surface area contributed by atoms with E-state index in [0.29, 0.717) is 0 Å². The van der Waals surface area contributed by atoms with Gasteiger partial charge in [-0.25, -0.2) is 5.01 Å². The van der Waals surface area contributed by atoms with E-state index in [0.717, 1.165) is 5.01 Å². The van der Waals surface area contributed by atoms with E-state index < -0.39 is 11.8 Å². The molecule has 1 aliphatic rings. The average molecular weight is 198 g/mol. The number of hydrogen-bond acceptors (Lipinski definition) is 4. The first-order valence-electron chi connectivity index (χ1n) is 3.96. The summed E-state index contributed by atoms with van der Waals surface area (Å²) < 4.78 is 0. The van der Waals surface area contributed by atoms with Crippen LogP contribution in [0.5, 0.6) is 0 Å². The summed E-state index contributed by atoms with van der Waals surface area (Å²) in [4.78, 5) is 32.2. The minimum Gasteiger partial charge on any atom is -0.370 e. The minimum atomic E-state index is -0.722. The Morgan fingerprint density at radius 3 is 2.50 bits per heavy atom. The lowest BCUT2D eigenvalue weighted by molar-refractivity contribution is -0.129. The number of rotatable bonds is 4. The van der Waals surface area contributed by atoms with Crippen LogP contribution in [0.4, 0.5) is 0 Å². The van der Waals surface area contributed by atoms with Crippen molar-refractivity contribution in [2.24, 2.45) is 16.6 Å². The molecule has 1 rings (SSSR count). The van der Waals surface area contributed by atoms with Gasteiger partial charge in [-0.05, 0) is 0 Å². The van der Waals surface area contributed by atoms with E-state index >= 15 is 0 Å². The van der Waals surface area contributed by atoms with Gasteiger partial charge in [-0.1, -0.05) is 0 Å². The zero-order chi connectivity index (χ0) is 10.7. The highest BCUT2D eigenvalue weighted by molar-refractivity contribution is 6.42. The van der Waals surface area contributed by atoms with Gasteiger partial charge in [0.1, 0.15) is 5.71 Å². The van der Waals surface area contributed by atoms with Crippen molar-refractivity contribution in [3.05, 3.63) is 0 Å². The van der Waals surface area contributed by atoms with Gasteiger partial charge in [-0.3, -0.25) is 14.4 Å². The lowest BCUT2D eigenvalue weighted by atomic mass is 10.2. The molecule has 0 aliphatic carbocycles. The van der Waals surface area contributed by atoms with Crippen LogP contribution in [-0.4, -0.2) is 35.0 Å². The average Bonchev–Trinajstić information content (AvgIpc) is 2.43. The second kappa shape index (κ2) is 3.86. The highest BCUT2D eigenvalue weighted by Crippen LogP contribution is 2.08. The standard InChI is InChI=1S/C7H10N4O3/c8-5(12)1-2-11-6(13)3-4(10-11)7(9)14/h1-3H2,(H2,8,12)(H2,9,14). The normalized spacial score (nSPS) is 15.6. The number of hydrogen-bond donors (Lipinski definition) is 2. The highest BCUT2D eigenvalue weighted by Gasteiger charge is 2.26. The van der Waals surface area contributed by atoms with E-state index in [1.165, 1.54) is 0 Å². The molecular formula is C7H10N4O3. The van der Waals surface area contributed by atoms with Crippen molar-refractivity contribution in [3.8, 4) is 0 Å². The zero-order valence-corrected chi connectivity index (χ0v) is 7.40. The lowest BCUT2D eigenvalue weighted by Gasteiger charge is -2.08. The molecule has 4 N–H and O–H groups in total. The van der Waals surface area contributed by atoms with E-state index in [-0.39, 0.29) is 31.0 Å². The van der Waals surface area contributed by atoms with Gasteiger partial charge in [0.15, 0.2) is 0 Å². The summed E-state index contributed by atoms with van der Waals surface area (Å²) >= 11 is 0. The number of amides is 3. The molecule has 7 nitrogen and oxygen atoms in total. The molecule has 3 amide bonds. The van der Waals surface area contributed by atoms with Crippen molar-refractivity contribution in [2.75, 3.05) is 6.54 Å². The summed E-state index contributed by atoms with van der Waals surface area (Å²) in [6.45, 7) is 0.0882. The van der Waals surface area contributed by atoms with Crippen LogP contribution in [0, 0.1) is 0 Å². The number of nitrogens with two attached hydrogens (primary N) is 2. The van der Waals surface area contributed by atoms with Crippen molar-refractivity contribution in [1.82, 2.24) is 5.01 Å². The van der Waals surface area contributed by atoms with Gasteiger partial charge in [-0.2, -0.15) is 5.10 Å². The Kier molecular flexibility index (Phi) is 2.80. The maximum atomic E-state index is 11.2. The third kappa shape index (κ3) is 2.28. The van der Waals surface area contributed by atoms with Crippen LogP contribution in [0.3, 0.4) is 0 Å². The first kappa shape index (κ1) is 10.2. The molecule has 0 spiro atoms. The molecule has 0 radical (unpaired) electrons. The number of carbonyl (C=O) groups excluding carboxylic acids is 3. The Hall–Kier alpha value is -1.92. The minimum absolute atomic E-state index is 0.0134. The summed E-state index contributed by atoms with van der Waals surface area (Å²) in [7, 11) is 0. The second-order valence-electron chi connectivity index (χ2n) is 2.82. The first-order chi connectivity index (χ1) is 6.50. The molecule has 7 heteroatoms. The largest absolute Gasteiger partial charge is 0.370 e. The predicted octanol–water partition coefficient (Wildman–Crippen LogP) is -2.06. The molecule has 0 fully saturated rings. The highest BCUT2D eigenvalue weighted by atomic mass is 16.2. The van der Waals surface area contributed by atoms with Crippen molar-refractivity contribution >= 4 is 23.4 Å². The van der Waals surface area contributed by atoms with Gasteiger partial charge in [0.2, 0.25) is 11.8 Å². The van der Waals surface area contributed by atoms with Gasteiger partial charge in [-0.15, -0.1) is 0 Å². The molecule has 14 heavy (non-hydrogen) atoms. The Morgan fingerprint density at radius 2 is 2.07 bits per heavy atom. The van der Waals surface area contributed by atoms with Crippen LogP contribution in [0.1, 0.15) is 12.8 Å². The molecular weight excluding hydrogens is 188 g/mol. The molecule has 0 unspecified atom stereocenters. The molecule has 0 aromatic heterocycles. The molecule has 0 aromatic rings. The van der Waals surface area contributed by atoms with Crippen LogP contribution in [-0.2, 0) is 14.4 Å². The predicted molar refractivity (Wildman–Crippen MR) is 46.8 cm³/mol. The van der Waals surface area contributed by atoms with E-state index in [1.54, 1.807) is 0 Å². The topological polar surface area (TPSA) is 119 Å². The second-order valence-corrected chi connectivity index (χ2v) is 2.82. The van der Waals surface area contributed by atoms with Crippen LogP contribution in [0.25, 0.3) is 0 Å². The molecule has 76 valence electrons. The summed E-state index contributed by atoms with van der Waals surface area (Å²) in [6.07, 6.45) is -0.0879. The SMILES string of the molecule is NC(=O)CCN1N=C(C(N)=O)CC1=O. The van der Waals surface area contributed by atoms with Gasteiger partial charge in [0, 0.05) is 6.42 Å². The molecule has 0 saturated carbocycles. The lowest BCUT2D eigenvalue weighted by Crippen LogP contribution is -2.26. The van der Waals surface area contributed by atoms with Crippen LogP contribution in [0.2, 0.25) is 0 Å². The molecule has 1 heterocycles. The molecule has 0 bridgehead atoms. The third-order valence-corrected chi connectivity index (χ3v) is 1.70. The Labute approximate surface area is 79.7 Å². The van der Waals surface area contributed by atoms with Gasteiger partial charge >= 0.3 is 0 Å². The van der Waals surface area contributed by atoms with E-state index in [4.69, 9.17) is 11.5 Å². The zero-order valence-electron chi connectivity index (χ0n) is 7.40. The van der Waals surface area contributed by atoms with Gasteiger partial charge in [0.25, 0.3) is 5.91 Å². The maximum Gasteiger partial charge on any atom is 0.265 e. The Balaban J connectivity index is 2.58. The summed E-state index contributed by atoms with van der Waals surface area (Å²) in [6, 6.07) is 0. The molecule has 1 aliphatic heterocycles. The smallest absolute Gasteiger partial charge is 0.265 e. The van der Waals surface area contributed by atoms with E-state index in [1.807, 2.05) is 0 Å².